The molecule has 0 saturated carbocycles. The van der Waals surface area contributed by atoms with E-state index in [-0.39, 0.29) is 16.6 Å². The normalized spacial score (nSPS) is 16.9. The maximum Gasteiger partial charge on any atom is 0.266 e. The van der Waals surface area contributed by atoms with E-state index in [1.807, 2.05) is 0 Å². The predicted molar refractivity (Wildman–Crippen MR) is 54.0 cm³/mol. The van der Waals surface area contributed by atoms with E-state index in [1.54, 1.807) is 10.3 Å². The van der Waals surface area contributed by atoms with E-state index >= 15 is 0 Å². The second-order valence-corrected chi connectivity index (χ2v) is 4.50. The van der Waals surface area contributed by atoms with Crippen molar-refractivity contribution in [1.29, 1.82) is 0 Å². The van der Waals surface area contributed by atoms with Crippen LogP contribution in [0.15, 0.2) is 11.4 Å². The Bertz CT molecular complexity index is 344. The number of hydrogen-bond donors (Lipinski definition) is 0. The molecule has 0 bridgehead atoms. The van der Waals surface area contributed by atoms with Crippen LogP contribution in [0.1, 0.15) is 23.0 Å². The summed E-state index contributed by atoms with van der Waals surface area (Å²) < 4.78 is 13.1. The van der Waals surface area contributed by atoms with Crippen molar-refractivity contribution in [3.63, 3.8) is 0 Å². The van der Waals surface area contributed by atoms with Gasteiger partial charge in [0.15, 0.2) is 0 Å². The predicted octanol–water partition coefficient (Wildman–Crippen LogP) is 2.37. The lowest BCUT2D eigenvalue weighted by molar-refractivity contribution is 0.0495. The van der Waals surface area contributed by atoms with Gasteiger partial charge in [-0.3, -0.25) is 4.79 Å². The molecule has 1 aromatic rings. The van der Waals surface area contributed by atoms with Gasteiger partial charge >= 0.3 is 0 Å². The van der Waals surface area contributed by atoms with Crippen molar-refractivity contribution in [1.82, 2.24) is 4.90 Å². The summed E-state index contributed by atoms with van der Waals surface area (Å²) in [4.78, 5) is 13.6. The van der Waals surface area contributed by atoms with Crippen LogP contribution in [0.25, 0.3) is 0 Å². The number of carbonyl (C=O) groups is 1. The van der Waals surface area contributed by atoms with Crippen LogP contribution in [0.2, 0.25) is 0 Å². The molecule has 0 unspecified atom stereocenters. The molecule has 1 aliphatic heterocycles. The molecule has 1 fully saturated rings. The third-order valence-electron chi connectivity index (χ3n) is 2.63. The molecule has 4 heteroatoms. The maximum atomic E-state index is 13.1. The zero-order valence-electron chi connectivity index (χ0n) is 8.00. The van der Waals surface area contributed by atoms with E-state index < -0.39 is 0 Å². The van der Waals surface area contributed by atoms with Gasteiger partial charge in [0.25, 0.3) is 5.91 Å². The van der Waals surface area contributed by atoms with Gasteiger partial charge in [-0.2, -0.15) is 0 Å². The summed E-state index contributed by atoms with van der Waals surface area (Å²) in [5, 5.41) is 1.61. The average Bonchev–Trinajstić information content (AvgIpc) is 2.49. The highest BCUT2D eigenvalue weighted by Gasteiger charge is 2.31. The van der Waals surface area contributed by atoms with Crippen molar-refractivity contribution < 1.29 is 9.18 Å². The fourth-order valence-electron chi connectivity index (χ4n) is 1.58. The molecule has 0 aliphatic carbocycles. The monoisotopic (exact) mass is 213 g/mol. The number of nitrogens with zero attached hydrogens (tertiary/aromatic N) is 1. The Hall–Kier alpha value is -0.900. The van der Waals surface area contributed by atoms with Crippen molar-refractivity contribution in [3.8, 4) is 0 Å². The number of likely N-dealkylation sites (tertiary alicyclic amines) is 1. The third-order valence-corrected chi connectivity index (χ3v) is 3.51. The molecule has 0 aromatic carbocycles. The largest absolute Gasteiger partial charge is 0.337 e. The quantitative estimate of drug-likeness (QED) is 0.738. The maximum absolute atomic E-state index is 13.1. The van der Waals surface area contributed by atoms with Crippen LogP contribution in [-0.2, 0) is 0 Å². The van der Waals surface area contributed by atoms with E-state index in [9.17, 15) is 9.18 Å². The van der Waals surface area contributed by atoms with Crippen molar-refractivity contribution in [2.24, 2.45) is 5.92 Å². The molecule has 0 N–H and O–H groups in total. The molecule has 0 spiro atoms. The minimum atomic E-state index is -0.389. The van der Waals surface area contributed by atoms with Crippen LogP contribution in [0.5, 0.6) is 0 Å². The highest BCUT2D eigenvalue weighted by molar-refractivity contribution is 7.12. The molecular formula is C10H12FNOS. The standard InChI is InChI=1S/C10H12FNOS/c1-2-7-5-12(6-7)10(13)9-8(11)3-4-14-9/h3-4,7H,2,5-6H2,1H3. The van der Waals surface area contributed by atoms with Crippen LogP contribution in [0.4, 0.5) is 4.39 Å². The van der Waals surface area contributed by atoms with Gasteiger partial charge in [-0.25, -0.2) is 4.39 Å². The molecule has 2 heterocycles. The van der Waals surface area contributed by atoms with Gasteiger partial charge in [-0.15, -0.1) is 11.3 Å². The topological polar surface area (TPSA) is 20.3 Å². The lowest BCUT2D eigenvalue weighted by atomic mass is 9.97. The van der Waals surface area contributed by atoms with Crippen LogP contribution in [-0.4, -0.2) is 23.9 Å². The summed E-state index contributed by atoms with van der Waals surface area (Å²) in [7, 11) is 0. The molecule has 1 saturated heterocycles. The SMILES string of the molecule is CCC1CN(C(=O)c2sccc2F)C1. The fourth-order valence-corrected chi connectivity index (χ4v) is 2.32. The first kappa shape index (κ1) is 9.65. The highest BCUT2D eigenvalue weighted by atomic mass is 32.1. The third kappa shape index (κ3) is 1.54. The van der Waals surface area contributed by atoms with Gasteiger partial charge < -0.3 is 4.90 Å². The number of carbonyl (C=O) groups excluding carboxylic acids is 1. The van der Waals surface area contributed by atoms with Crippen LogP contribution in [0.3, 0.4) is 0 Å². The van der Waals surface area contributed by atoms with Gasteiger partial charge in [0, 0.05) is 13.1 Å². The van der Waals surface area contributed by atoms with Crippen LogP contribution in [0, 0.1) is 11.7 Å². The van der Waals surface area contributed by atoms with Crippen LogP contribution >= 0.6 is 11.3 Å². The molecule has 76 valence electrons. The van der Waals surface area contributed by atoms with E-state index in [0.717, 1.165) is 19.5 Å². The Balaban J connectivity index is 2.01. The molecule has 1 amide bonds. The van der Waals surface area contributed by atoms with Crippen molar-refractivity contribution in [2.75, 3.05) is 13.1 Å². The summed E-state index contributed by atoms with van der Waals surface area (Å²) >= 11 is 1.18. The van der Waals surface area contributed by atoms with E-state index in [0.29, 0.717) is 5.92 Å². The van der Waals surface area contributed by atoms with Gasteiger partial charge in [-0.05, 0) is 23.8 Å². The van der Waals surface area contributed by atoms with Crippen molar-refractivity contribution in [2.45, 2.75) is 13.3 Å². The van der Waals surface area contributed by atoms with Gasteiger partial charge in [0.05, 0.1) is 0 Å². The summed E-state index contributed by atoms with van der Waals surface area (Å²) in [5.74, 6) is 0.0733. The zero-order valence-corrected chi connectivity index (χ0v) is 8.81. The van der Waals surface area contributed by atoms with Gasteiger partial charge in [-0.1, -0.05) is 6.92 Å². The van der Waals surface area contributed by atoms with Crippen molar-refractivity contribution in [3.05, 3.63) is 22.1 Å². The number of thiophene rings is 1. The smallest absolute Gasteiger partial charge is 0.266 e. The lowest BCUT2D eigenvalue weighted by Crippen LogP contribution is -2.49. The van der Waals surface area contributed by atoms with Crippen LogP contribution < -0.4 is 0 Å². The molecule has 0 radical (unpaired) electrons. The Kier molecular flexibility index (Phi) is 2.54. The van der Waals surface area contributed by atoms with E-state index in [4.69, 9.17) is 0 Å². The molecule has 1 aliphatic rings. The van der Waals surface area contributed by atoms with Crippen molar-refractivity contribution >= 4 is 17.2 Å². The molecule has 1 aromatic heterocycles. The number of hydrogen-bond acceptors (Lipinski definition) is 2. The average molecular weight is 213 g/mol. The first-order valence-corrected chi connectivity index (χ1v) is 5.62. The first-order valence-electron chi connectivity index (χ1n) is 4.74. The highest BCUT2D eigenvalue weighted by Crippen LogP contribution is 2.24. The molecule has 2 nitrogen and oxygen atoms in total. The summed E-state index contributed by atoms with van der Waals surface area (Å²) in [6.07, 6.45) is 1.09. The first-order chi connectivity index (χ1) is 6.72. The Morgan fingerprint density at radius 3 is 2.93 bits per heavy atom. The molecule has 0 atom stereocenters. The number of amides is 1. The van der Waals surface area contributed by atoms with Gasteiger partial charge in [0.1, 0.15) is 10.7 Å². The zero-order chi connectivity index (χ0) is 10.1. The second-order valence-electron chi connectivity index (χ2n) is 3.58. The summed E-state index contributed by atoms with van der Waals surface area (Å²) in [6, 6.07) is 1.34. The molecular weight excluding hydrogens is 201 g/mol. The summed E-state index contributed by atoms with van der Waals surface area (Å²) in [5.41, 5.74) is 0. The van der Waals surface area contributed by atoms with E-state index in [2.05, 4.69) is 6.92 Å². The number of halogens is 1. The second kappa shape index (κ2) is 3.69. The van der Waals surface area contributed by atoms with E-state index in [1.165, 1.54) is 17.4 Å². The number of rotatable bonds is 2. The Morgan fingerprint density at radius 2 is 2.43 bits per heavy atom. The summed E-state index contributed by atoms with van der Waals surface area (Å²) in [6.45, 7) is 3.68. The van der Waals surface area contributed by atoms with Gasteiger partial charge in [0.2, 0.25) is 0 Å². The molecule has 2 rings (SSSR count). The minimum Gasteiger partial charge on any atom is -0.337 e. The Morgan fingerprint density at radius 1 is 1.71 bits per heavy atom. The molecule has 14 heavy (non-hydrogen) atoms. The minimum absolute atomic E-state index is 0.151. The lowest BCUT2D eigenvalue weighted by Gasteiger charge is -2.38. The Labute approximate surface area is 86.3 Å². The fraction of sp³-hybridized carbons (Fsp3) is 0.500.